The van der Waals surface area contributed by atoms with E-state index >= 15 is 0 Å². The second-order valence-electron chi connectivity index (χ2n) is 4.96. The molecule has 1 rings (SSSR count). The summed E-state index contributed by atoms with van der Waals surface area (Å²) in [7, 11) is 2.79. The van der Waals surface area contributed by atoms with Crippen LogP contribution in [0.15, 0.2) is 0 Å². The van der Waals surface area contributed by atoms with E-state index in [-0.39, 0.29) is 6.61 Å². The first-order valence-electron chi connectivity index (χ1n) is 6.99. The molecular weight excluding hydrogens is 312 g/mol. The average Bonchev–Trinajstić information content (AvgIpc) is 2.43. The second-order valence-corrected chi connectivity index (χ2v) is 4.96. The summed E-state index contributed by atoms with van der Waals surface area (Å²) in [6.45, 7) is 3.65. The van der Waals surface area contributed by atoms with Gasteiger partial charge in [0, 0.05) is 35.0 Å². The largest absolute Gasteiger partial charge is 0.456 e. The highest BCUT2D eigenvalue weighted by atomic mass is 16.7. The molecule has 1 heterocycles. The first kappa shape index (κ1) is 19.3. The van der Waals surface area contributed by atoms with E-state index < -0.39 is 48.6 Å². The Kier molecular flexibility index (Phi) is 7.40. The van der Waals surface area contributed by atoms with Gasteiger partial charge in [-0.1, -0.05) is 0 Å². The van der Waals surface area contributed by atoms with E-state index in [4.69, 9.17) is 28.4 Å². The van der Waals surface area contributed by atoms with Crippen LogP contribution in [0.2, 0.25) is 0 Å². The van der Waals surface area contributed by atoms with E-state index in [1.54, 1.807) is 0 Å². The lowest BCUT2D eigenvalue weighted by Gasteiger charge is -2.43. The van der Waals surface area contributed by atoms with Gasteiger partial charge < -0.3 is 28.4 Å². The quantitative estimate of drug-likeness (QED) is 0.482. The fourth-order valence-corrected chi connectivity index (χ4v) is 2.34. The summed E-state index contributed by atoms with van der Waals surface area (Å²) in [5.74, 6) is -1.85. The van der Waals surface area contributed by atoms with E-state index in [9.17, 15) is 14.4 Å². The maximum Gasteiger partial charge on any atom is 0.303 e. The van der Waals surface area contributed by atoms with Crippen LogP contribution in [0.25, 0.3) is 0 Å². The Morgan fingerprint density at radius 1 is 0.826 bits per heavy atom. The summed E-state index contributed by atoms with van der Waals surface area (Å²) in [5, 5.41) is 0. The number of methoxy groups -OCH3 is 2. The Morgan fingerprint density at radius 2 is 1.30 bits per heavy atom. The molecule has 1 aliphatic rings. The zero-order valence-electron chi connectivity index (χ0n) is 13.8. The molecule has 0 aliphatic carbocycles. The van der Waals surface area contributed by atoms with Crippen molar-refractivity contribution in [2.75, 3.05) is 20.8 Å². The molecule has 23 heavy (non-hydrogen) atoms. The predicted octanol–water partition coefficient (Wildman–Crippen LogP) is -0.201. The minimum atomic E-state index is -1.08. The molecule has 9 heteroatoms. The lowest BCUT2D eigenvalue weighted by molar-refractivity contribution is -0.302. The zero-order valence-corrected chi connectivity index (χ0v) is 13.8. The summed E-state index contributed by atoms with van der Waals surface area (Å²) in [6, 6.07) is 0. The summed E-state index contributed by atoms with van der Waals surface area (Å²) >= 11 is 0. The summed E-state index contributed by atoms with van der Waals surface area (Å²) in [6.07, 6.45) is -4.94. The van der Waals surface area contributed by atoms with Crippen molar-refractivity contribution in [2.45, 2.75) is 51.5 Å². The Labute approximate surface area is 134 Å². The van der Waals surface area contributed by atoms with Gasteiger partial charge in [0.25, 0.3) is 0 Å². The third-order valence-corrected chi connectivity index (χ3v) is 3.06. The van der Waals surface area contributed by atoms with Gasteiger partial charge in [0.15, 0.2) is 24.6 Å². The summed E-state index contributed by atoms with van der Waals surface area (Å²) < 4.78 is 31.4. The molecule has 5 atom stereocenters. The Balaban J connectivity index is 3.16. The van der Waals surface area contributed by atoms with Gasteiger partial charge in [0.2, 0.25) is 0 Å². The number of hydrogen-bond acceptors (Lipinski definition) is 9. The number of ether oxygens (including phenoxy) is 6. The molecule has 1 saturated heterocycles. The minimum Gasteiger partial charge on any atom is -0.456 e. The lowest BCUT2D eigenvalue weighted by Crippen LogP contribution is -2.62. The van der Waals surface area contributed by atoms with Crippen LogP contribution in [0.1, 0.15) is 20.8 Å². The smallest absolute Gasteiger partial charge is 0.303 e. The zero-order chi connectivity index (χ0) is 17.6. The predicted molar refractivity (Wildman–Crippen MR) is 74.2 cm³/mol. The average molecular weight is 334 g/mol. The fourth-order valence-electron chi connectivity index (χ4n) is 2.34. The molecule has 0 amide bonds. The Morgan fingerprint density at radius 3 is 1.74 bits per heavy atom. The van der Waals surface area contributed by atoms with E-state index in [1.807, 2.05) is 0 Å². The number of carbonyl (C=O) groups excluding carboxylic acids is 3. The molecule has 0 aromatic carbocycles. The number of rotatable bonds is 6. The first-order chi connectivity index (χ1) is 10.8. The fraction of sp³-hybridized carbons (Fsp3) is 0.786. The van der Waals surface area contributed by atoms with E-state index in [0.717, 1.165) is 0 Å². The van der Waals surface area contributed by atoms with Crippen LogP contribution < -0.4 is 0 Å². The van der Waals surface area contributed by atoms with Gasteiger partial charge in [0.1, 0.15) is 6.10 Å². The second kappa shape index (κ2) is 8.80. The normalized spacial score (nSPS) is 30.4. The monoisotopic (exact) mass is 334 g/mol. The van der Waals surface area contributed by atoms with Gasteiger partial charge in [-0.05, 0) is 0 Å². The van der Waals surface area contributed by atoms with Crippen LogP contribution in [-0.2, 0) is 42.8 Å². The summed E-state index contributed by atoms with van der Waals surface area (Å²) in [5.41, 5.74) is 0. The summed E-state index contributed by atoms with van der Waals surface area (Å²) in [4.78, 5) is 34.1. The van der Waals surface area contributed by atoms with Crippen molar-refractivity contribution in [1.29, 1.82) is 0 Å². The highest BCUT2D eigenvalue weighted by Gasteiger charge is 2.52. The topological polar surface area (TPSA) is 107 Å². The molecule has 9 nitrogen and oxygen atoms in total. The van der Waals surface area contributed by atoms with Crippen molar-refractivity contribution in [3.05, 3.63) is 0 Å². The molecule has 0 saturated carbocycles. The standard InChI is InChI=1S/C14H22O9/c1-7(15)20-11-10(6-18-4)23-14(19-5)13(22-9(3)17)12(11)21-8(2)16/h10-14H,6H2,1-5H3/t10?,11-,12-,13?,14-/m0/s1. The SMILES string of the molecule is COCC1O[C@H](OC)C(OC(C)=O)[C@@H](OC(C)=O)[C@H]1OC(C)=O. The van der Waals surface area contributed by atoms with Gasteiger partial charge in [-0.15, -0.1) is 0 Å². The van der Waals surface area contributed by atoms with Gasteiger partial charge in [-0.3, -0.25) is 14.4 Å². The Bertz CT molecular complexity index is 436. The van der Waals surface area contributed by atoms with Gasteiger partial charge in [-0.25, -0.2) is 0 Å². The van der Waals surface area contributed by atoms with Crippen molar-refractivity contribution in [1.82, 2.24) is 0 Å². The van der Waals surface area contributed by atoms with Crippen LogP contribution in [-0.4, -0.2) is 69.4 Å². The molecular formula is C14H22O9. The number of esters is 3. The van der Waals surface area contributed by atoms with E-state index in [0.29, 0.717) is 0 Å². The molecule has 0 spiro atoms. The maximum atomic E-state index is 11.4. The molecule has 0 radical (unpaired) electrons. The highest BCUT2D eigenvalue weighted by molar-refractivity contribution is 5.68. The van der Waals surface area contributed by atoms with Crippen LogP contribution >= 0.6 is 0 Å². The van der Waals surface area contributed by atoms with Crippen molar-refractivity contribution in [3.63, 3.8) is 0 Å². The molecule has 1 aliphatic heterocycles. The third kappa shape index (κ3) is 5.45. The van der Waals surface area contributed by atoms with Crippen LogP contribution in [0, 0.1) is 0 Å². The van der Waals surface area contributed by atoms with Crippen LogP contribution in [0.4, 0.5) is 0 Å². The molecule has 2 unspecified atom stereocenters. The van der Waals surface area contributed by atoms with Crippen molar-refractivity contribution >= 4 is 17.9 Å². The van der Waals surface area contributed by atoms with Crippen molar-refractivity contribution in [2.24, 2.45) is 0 Å². The van der Waals surface area contributed by atoms with Crippen molar-refractivity contribution < 1.29 is 42.8 Å². The van der Waals surface area contributed by atoms with Gasteiger partial charge in [-0.2, -0.15) is 0 Å². The van der Waals surface area contributed by atoms with Gasteiger partial charge in [0.05, 0.1) is 6.61 Å². The number of hydrogen-bond donors (Lipinski definition) is 0. The molecule has 0 bridgehead atoms. The minimum absolute atomic E-state index is 0.0579. The maximum absolute atomic E-state index is 11.4. The molecule has 0 N–H and O–H groups in total. The van der Waals surface area contributed by atoms with E-state index in [1.165, 1.54) is 35.0 Å². The Hall–Kier alpha value is -1.71. The highest BCUT2D eigenvalue weighted by Crippen LogP contribution is 2.29. The van der Waals surface area contributed by atoms with Gasteiger partial charge >= 0.3 is 17.9 Å². The van der Waals surface area contributed by atoms with E-state index in [2.05, 4.69) is 0 Å². The van der Waals surface area contributed by atoms with Crippen LogP contribution in [0.3, 0.4) is 0 Å². The molecule has 0 aromatic rings. The molecule has 0 aromatic heterocycles. The van der Waals surface area contributed by atoms with Crippen LogP contribution in [0.5, 0.6) is 0 Å². The van der Waals surface area contributed by atoms with Crippen molar-refractivity contribution in [3.8, 4) is 0 Å². The number of carbonyl (C=O) groups is 3. The first-order valence-corrected chi connectivity index (χ1v) is 6.99. The molecule has 132 valence electrons. The third-order valence-electron chi connectivity index (χ3n) is 3.06. The lowest BCUT2D eigenvalue weighted by atomic mass is 9.98. The molecule has 1 fully saturated rings.